The van der Waals surface area contributed by atoms with E-state index in [0.29, 0.717) is 6.42 Å². The van der Waals surface area contributed by atoms with Gasteiger partial charge < -0.3 is 0 Å². The lowest BCUT2D eigenvalue weighted by Crippen LogP contribution is -2.17. The Balaban J connectivity index is 3.83. The molecular formula is C8H16O4S2. The fraction of sp³-hybridized carbons (Fsp3) is 0.875. The summed E-state index contributed by atoms with van der Waals surface area (Å²) in [6, 6.07) is 0. The molecule has 6 heteroatoms. The quantitative estimate of drug-likeness (QED) is 0.635. The Labute approximate surface area is 87.5 Å². The summed E-state index contributed by atoms with van der Waals surface area (Å²) in [4.78, 5) is 11.0. The molecule has 1 atom stereocenters. The largest absolute Gasteiger partial charge is 0.299 e. The summed E-state index contributed by atoms with van der Waals surface area (Å²) < 4.78 is 32.7. The van der Waals surface area contributed by atoms with Gasteiger partial charge in [-0.05, 0) is 6.42 Å². The standard InChI is InChI=1S/C8H16O4S2/c1-3-4-8(9)7-13(10)5-6-14(2,11)12/h3-7H2,1-2H3. The molecule has 0 bridgehead atoms. The van der Waals surface area contributed by atoms with E-state index in [9.17, 15) is 17.4 Å². The molecule has 0 N–H and O–H groups in total. The molecule has 0 fully saturated rings. The molecule has 0 amide bonds. The smallest absolute Gasteiger partial charge is 0.148 e. The number of carbonyl (C=O) groups is 1. The predicted octanol–water partition coefficient (Wildman–Crippen LogP) is 0.149. The Hall–Kier alpha value is -0.230. The van der Waals surface area contributed by atoms with Gasteiger partial charge in [-0.25, -0.2) is 8.42 Å². The van der Waals surface area contributed by atoms with Crippen molar-refractivity contribution in [2.75, 3.05) is 23.5 Å². The summed E-state index contributed by atoms with van der Waals surface area (Å²) in [5, 5.41) is 0. The Morgan fingerprint density at radius 1 is 1.36 bits per heavy atom. The maximum atomic E-state index is 11.2. The van der Waals surface area contributed by atoms with Crippen molar-refractivity contribution in [2.24, 2.45) is 0 Å². The van der Waals surface area contributed by atoms with Crippen molar-refractivity contribution in [2.45, 2.75) is 19.8 Å². The minimum absolute atomic E-state index is 0.0106. The van der Waals surface area contributed by atoms with E-state index in [0.717, 1.165) is 12.7 Å². The molecule has 0 aromatic rings. The third-order valence-electron chi connectivity index (χ3n) is 1.53. The lowest BCUT2D eigenvalue weighted by atomic mass is 10.3. The van der Waals surface area contributed by atoms with E-state index in [1.165, 1.54) is 0 Å². The normalized spacial score (nSPS) is 13.9. The number of Topliss-reactive ketones (excluding diaryl/α,β-unsaturated/α-hetero) is 1. The van der Waals surface area contributed by atoms with Crippen LogP contribution in [0.3, 0.4) is 0 Å². The molecule has 0 spiro atoms. The molecule has 0 aromatic carbocycles. The number of hydrogen-bond donors (Lipinski definition) is 0. The highest BCUT2D eigenvalue weighted by Gasteiger charge is 2.10. The average molecular weight is 240 g/mol. The molecule has 0 aliphatic carbocycles. The number of sulfone groups is 1. The van der Waals surface area contributed by atoms with E-state index in [-0.39, 0.29) is 23.0 Å². The van der Waals surface area contributed by atoms with Gasteiger partial charge in [0.05, 0.1) is 11.5 Å². The maximum Gasteiger partial charge on any atom is 0.148 e. The molecule has 1 unspecified atom stereocenters. The van der Waals surface area contributed by atoms with Crippen LogP contribution in [0.4, 0.5) is 0 Å². The number of carbonyl (C=O) groups excluding carboxylic acids is 1. The van der Waals surface area contributed by atoms with E-state index in [2.05, 4.69) is 0 Å². The van der Waals surface area contributed by atoms with E-state index in [1.807, 2.05) is 6.92 Å². The number of ketones is 1. The molecule has 0 saturated heterocycles. The van der Waals surface area contributed by atoms with Crippen LogP contribution >= 0.6 is 0 Å². The average Bonchev–Trinajstić information content (AvgIpc) is 2.00. The molecule has 14 heavy (non-hydrogen) atoms. The topological polar surface area (TPSA) is 68.3 Å². The SMILES string of the molecule is CCCC(=O)CS(=O)CCS(C)(=O)=O. The summed E-state index contributed by atoms with van der Waals surface area (Å²) >= 11 is 0. The maximum absolute atomic E-state index is 11.2. The molecule has 0 heterocycles. The van der Waals surface area contributed by atoms with Gasteiger partial charge in [-0.1, -0.05) is 6.92 Å². The van der Waals surface area contributed by atoms with Crippen LogP contribution in [0.2, 0.25) is 0 Å². The van der Waals surface area contributed by atoms with Gasteiger partial charge in [0.1, 0.15) is 15.6 Å². The molecular weight excluding hydrogens is 224 g/mol. The minimum atomic E-state index is -3.07. The molecule has 0 aliphatic heterocycles. The summed E-state index contributed by atoms with van der Waals surface area (Å²) in [7, 11) is -4.40. The fourth-order valence-corrected chi connectivity index (χ4v) is 3.45. The zero-order valence-corrected chi connectivity index (χ0v) is 10.1. The Kier molecular flexibility index (Phi) is 6.19. The lowest BCUT2D eigenvalue weighted by Gasteiger charge is -1.99. The van der Waals surface area contributed by atoms with Crippen molar-refractivity contribution in [1.82, 2.24) is 0 Å². The van der Waals surface area contributed by atoms with Crippen molar-refractivity contribution in [3.05, 3.63) is 0 Å². The van der Waals surface area contributed by atoms with Gasteiger partial charge in [0.15, 0.2) is 0 Å². The van der Waals surface area contributed by atoms with E-state index in [4.69, 9.17) is 0 Å². The first-order valence-corrected chi connectivity index (χ1v) is 7.94. The molecule has 0 aromatic heterocycles. The van der Waals surface area contributed by atoms with Crippen LogP contribution in [0.15, 0.2) is 0 Å². The number of hydrogen-bond acceptors (Lipinski definition) is 4. The Morgan fingerprint density at radius 3 is 2.36 bits per heavy atom. The van der Waals surface area contributed by atoms with Crippen LogP contribution in [0.5, 0.6) is 0 Å². The Morgan fingerprint density at radius 2 is 1.93 bits per heavy atom. The van der Waals surface area contributed by atoms with Crippen molar-refractivity contribution in [3.8, 4) is 0 Å². The van der Waals surface area contributed by atoms with Crippen LogP contribution in [-0.4, -0.2) is 41.9 Å². The number of rotatable bonds is 7. The van der Waals surface area contributed by atoms with Gasteiger partial charge in [-0.2, -0.15) is 0 Å². The van der Waals surface area contributed by atoms with Gasteiger partial charge in [0.25, 0.3) is 0 Å². The van der Waals surface area contributed by atoms with Crippen LogP contribution < -0.4 is 0 Å². The van der Waals surface area contributed by atoms with Gasteiger partial charge in [-0.3, -0.25) is 9.00 Å². The predicted molar refractivity (Wildman–Crippen MR) is 57.5 cm³/mol. The summed E-state index contributed by atoms with van der Waals surface area (Å²) in [6.45, 7) is 1.87. The van der Waals surface area contributed by atoms with Crippen molar-refractivity contribution in [3.63, 3.8) is 0 Å². The van der Waals surface area contributed by atoms with Crippen LogP contribution in [0.1, 0.15) is 19.8 Å². The van der Waals surface area contributed by atoms with E-state index in [1.54, 1.807) is 0 Å². The van der Waals surface area contributed by atoms with Crippen molar-refractivity contribution < 1.29 is 17.4 Å². The fourth-order valence-electron chi connectivity index (χ4n) is 0.847. The zero-order valence-electron chi connectivity index (χ0n) is 8.49. The summed E-state index contributed by atoms with van der Waals surface area (Å²) in [5.41, 5.74) is 0. The van der Waals surface area contributed by atoms with Crippen LogP contribution in [0.25, 0.3) is 0 Å². The highest BCUT2D eigenvalue weighted by Crippen LogP contribution is 1.94. The third-order valence-corrected chi connectivity index (χ3v) is 4.04. The van der Waals surface area contributed by atoms with E-state index < -0.39 is 20.6 Å². The Bertz CT molecular complexity index is 305. The van der Waals surface area contributed by atoms with Gasteiger partial charge in [-0.15, -0.1) is 0 Å². The highest BCUT2D eigenvalue weighted by atomic mass is 32.2. The molecule has 0 aliphatic rings. The first-order chi connectivity index (χ1) is 6.35. The molecule has 4 nitrogen and oxygen atoms in total. The van der Waals surface area contributed by atoms with Gasteiger partial charge in [0.2, 0.25) is 0 Å². The van der Waals surface area contributed by atoms with E-state index >= 15 is 0 Å². The van der Waals surface area contributed by atoms with Gasteiger partial charge >= 0.3 is 0 Å². The second-order valence-corrected chi connectivity index (χ2v) is 7.04. The first-order valence-electron chi connectivity index (χ1n) is 4.39. The molecule has 0 rings (SSSR count). The zero-order chi connectivity index (χ0) is 11.2. The van der Waals surface area contributed by atoms with Crippen molar-refractivity contribution in [1.29, 1.82) is 0 Å². The lowest BCUT2D eigenvalue weighted by molar-refractivity contribution is -0.116. The summed E-state index contributed by atoms with van der Waals surface area (Å²) in [6.07, 6.45) is 2.25. The summed E-state index contributed by atoms with van der Waals surface area (Å²) in [5.74, 6) is -0.115. The molecule has 0 saturated carbocycles. The van der Waals surface area contributed by atoms with Gasteiger partial charge in [0, 0.05) is 29.2 Å². The monoisotopic (exact) mass is 240 g/mol. The van der Waals surface area contributed by atoms with Crippen LogP contribution in [0, 0.1) is 0 Å². The second-order valence-electron chi connectivity index (χ2n) is 3.21. The van der Waals surface area contributed by atoms with Crippen molar-refractivity contribution >= 4 is 26.4 Å². The molecule has 84 valence electrons. The minimum Gasteiger partial charge on any atom is -0.299 e. The molecule has 0 radical (unpaired) electrons. The van der Waals surface area contributed by atoms with Crippen LogP contribution in [-0.2, 0) is 25.4 Å². The second kappa shape index (κ2) is 6.29. The first kappa shape index (κ1) is 13.8. The third kappa shape index (κ3) is 8.37. The highest BCUT2D eigenvalue weighted by molar-refractivity contribution is 7.92.